The number of carbonyl (C=O) groups is 1. The van der Waals surface area contributed by atoms with Crippen LogP contribution in [0.15, 0.2) is 35.7 Å². The highest BCUT2D eigenvalue weighted by atomic mass is 32.1. The first kappa shape index (κ1) is 16.5. The molecular weight excluding hydrogens is 298 g/mol. The van der Waals surface area contributed by atoms with Gasteiger partial charge in [-0.3, -0.25) is 4.79 Å². The Morgan fingerprint density at radius 1 is 1.27 bits per heavy atom. The van der Waals surface area contributed by atoms with Crippen LogP contribution in [0.4, 0.5) is 5.69 Å². The van der Waals surface area contributed by atoms with Gasteiger partial charge in [0.2, 0.25) is 5.91 Å². The second-order valence-electron chi connectivity index (χ2n) is 5.18. The van der Waals surface area contributed by atoms with Crippen molar-refractivity contribution in [3.05, 3.63) is 46.4 Å². The number of hydrogen-bond donors (Lipinski definition) is 1. The Hall–Kier alpha value is -1.92. The number of hydrogen-bond acceptors (Lipinski definition) is 5. The molecule has 0 aliphatic rings. The van der Waals surface area contributed by atoms with Crippen LogP contribution in [0.25, 0.3) is 0 Å². The lowest BCUT2D eigenvalue weighted by molar-refractivity contribution is -0.127. The number of nitrogens with zero attached hydrogens (tertiary/aromatic N) is 3. The van der Waals surface area contributed by atoms with Crippen molar-refractivity contribution in [1.29, 1.82) is 0 Å². The van der Waals surface area contributed by atoms with Gasteiger partial charge in [-0.25, -0.2) is 4.98 Å². The molecule has 1 N–H and O–H groups in total. The van der Waals surface area contributed by atoms with Crippen LogP contribution in [0.3, 0.4) is 0 Å². The van der Waals surface area contributed by atoms with Crippen LogP contribution in [0, 0.1) is 0 Å². The molecule has 118 valence electrons. The molecule has 1 heterocycles. The van der Waals surface area contributed by atoms with Crippen molar-refractivity contribution >= 4 is 22.9 Å². The first-order chi connectivity index (χ1) is 10.6. The van der Waals surface area contributed by atoms with Gasteiger partial charge in [0, 0.05) is 31.7 Å². The molecule has 0 unspecified atom stereocenters. The Bertz CT molecular complexity index is 598. The van der Waals surface area contributed by atoms with Crippen molar-refractivity contribution in [1.82, 2.24) is 9.88 Å². The zero-order valence-corrected chi connectivity index (χ0v) is 13.7. The standard InChI is InChI=1S/C16H21N3O2S/c1-18(2)16(21)10-15-17-13(12-22-15)11-19(8-9-20)14-6-4-3-5-7-14/h3-7,12,20H,8-11H2,1-2H3. The van der Waals surface area contributed by atoms with Gasteiger partial charge in [-0.1, -0.05) is 18.2 Å². The van der Waals surface area contributed by atoms with Crippen LogP contribution in [-0.4, -0.2) is 48.1 Å². The van der Waals surface area contributed by atoms with Gasteiger partial charge in [0.05, 0.1) is 25.3 Å². The molecule has 1 aromatic heterocycles. The minimum Gasteiger partial charge on any atom is -0.395 e. The monoisotopic (exact) mass is 319 g/mol. The lowest BCUT2D eigenvalue weighted by atomic mass is 10.2. The SMILES string of the molecule is CN(C)C(=O)Cc1nc(CN(CCO)c2ccccc2)cs1. The molecule has 0 aliphatic heterocycles. The van der Waals surface area contributed by atoms with Crippen molar-refractivity contribution in [2.75, 3.05) is 32.1 Å². The summed E-state index contributed by atoms with van der Waals surface area (Å²) >= 11 is 1.50. The summed E-state index contributed by atoms with van der Waals surface area (Å²) in [5, 5.41) is 12.1. The predicted octanol–water partition coefficient (Wildman–Crippen LogP) is 1.77. The number of aromatic nitrogens is 1. The smallest absolute Gasteiger partial charge is 0.228 e. The van der Waals surface area contributed by atoms with Crippen LogP contribution in [0.1, 0.15) is 10.7 Å². The molecule has 0 atom stereocenters. The van der Waals surface area contributed by atoms with Crippen LogP contribution < -0.4 is 4.90 Å². The van der Waals surface area contributed by atoms with E-state index in [2.05, 4.69) is 9.88 Å². The number of benzene rings is 1. The number of likely N-dealkylation sites (N-methyl/N-ethyl adjacent to an activating group) is 1. The molecule has 0 saturated heterocycles. The average molecular weight is 319 g/mol. The van der Waals surface area contributed by atoms with Crippen molar-refractivity contribution in [3.8, 4) is 0 Å². The summed E-state index contributed by atoms with van der Waals surface area (Å²) < 4.78 is 0. The molecule has 1 amide bonds. The summed E-state index contributed by atoms with van der Waals surface area (Å²) in [6, 6.07) is 9.94. The molecule has 0 fully saturated rings. The fraction of sp³-hybridized carbons (Fsp3) is 0.375. The zero-order valence-electron chi connectivity index (χ0n) is 12.9. The predicted molar refractivity (Wildman–Crippen MR) is 89.1 cm³/mol. The number of carbonyl (C=O) groups excluding carboxylic acids is 1. The summed E-state index contributed by atoms with van der Waals surface area (Å²) in [6.45, 7) is 1.26. The quantitative estimate of drug-likeness (QED) is 0.845. The number of anilines is 1. The van der Waals surface area contributed by atoms with E-state index >= 15 is 0 Å². The van der Waals surface area contributed by atoms with Crippen LogP contribution in [0.2, 0.25) is 0 Å². The maximum Gasteiger partial charge on any atom is 0.228 e. The van der Waals surface area contributed by atoms with Crippen LogP contribution in [0.5, 0.6) is 0 Å². The van der Waals surface area contributed by atoms with Gasteiger partial charge < -0.3 is 14.9 Å². The van der Waals surface area contributed by atoms with Gasteiger partial charge in [-0.15, -0.1) is 11.3 Å². The Morgan fingerprint density at radius 3 is 2.64 bits per heavy atom. The van der Waals surface area contributed by atoms with Crippen molar-refractivity contribution in [2.45, 2.75) is 13.0 Å². The van der Waals surface area contributed by atoms with Crippen molar-refractivity contribution in [2.24, 2.45) is 0 Å². The molecule has 0 aliphatic carbocycles. The Balaban J connectivity index is 2.05. The molecule has 0 saturated carbocycles. The first-order valence-electron chi connectivity index (χ1n) is 7.14. The molecule has 5 nitrogen and oxygen atoms in total. The number of aliphatic hydroxyl groups excluding tert-OH is 1. The maximum absolute atomic E-state index is 11.7. The molecule has 2 aromatic rings. The molecule has 22 heavy (non-hydrogen) atoms. The second-order valence-corrected chi connectivity index (χ2v) is 6.12. The maximum atomic E-state index is 11.7. The van der Waals surface area contributed by atoms with Crippen LogP contribution in [-0.2, 0) is 17.8 Å². The van der Waals surface area contributed by atoms with Gasteiger partial charge in [-0.05, 0) is 12.1 Å². The van der Waals surface area contributed by atoms with E-state index < -0.39 is 0 Å². The minimum atomic E-state index is 0.0520. The molecular formula is C16H21N3O2S. The third-order valence-electron chi connectivity index (χ3n) is 3.24. The van der Waals surface area contributed by atoms with Gasteiger partial charge in [-0.2, -0.15) is 0 Å². The fourth-order valence-electron chi connectivity index (χ4n) is 2.04. The zero-order chi connectivity index (χ0) is 15.9. The summed E-state index contributed by atoms with van der Waals surface area (Å²) in [7, 11) is 3.49. The summed E-state index contributed by atoms with van der Waals surface area (Å²) in [6.07, 6.45) is 0.336. The van der Waals surface area contributed by atoms with Crippen LogP contribution >= 0.6 is 11.3 Å². The van der Waals surface area contributed by atoms with E-state index in [-0.39, 0.29) is 12.5 Å². The van der Waals surface area contributed by atoms with E-state index in [0.717, 1.165) is 16.4 Å². The highest BCUT2D eigenvalue weighted by Gasteiger charge is 2.12. The second kappa shape index (κ2) is 7.91. The fourth-order valence-corrected chi connectivity index (χ4v) is 2.82. The van der Waals surface area contributed by atoms with Gasteiger partial charge in [0.15, 0.2) is 0 Å². The van der Waals surface area contributed by atoms with Crippen molar-refractivity contribution in [3.63, 3.8) is 0 Å². The third kappa shape index (κ3) is 4.54. The highest BCUT2D eigenvalue weighted by molar-refractivity contribution is 7.09. The molecule has 2 rings (SSSR count). The van der Waals surface area contributed by atoms with Gasteiger partial charge in [0.25, 0.3) is 0 Å². The molecule has 1 aromatic carbocycles. The number of thiazole rings is 1. The Morgan fingerprint density at radius 2 is 2.00 bits per heavy atom. The highest BCUT2D eigenvalue weighted by Crippen LogP contribution is 2.18. The lowest BCUT2D eigenvalue weighted by Crippen LogP contribution is -2.26. The first-order valence-corrected chi connectivity index (χ1v) is 8.02. The average Bonchev–Trinajstić information content (AvgIpc) is 2.95. The molecule has 6 heteroatoms. The molecule has 0 bridgehead atoms. The normalized spacial score (nSPS) is 10.5. The number of para-hydroxylation sites is 1. The summed E-state index contributed by atoms with van der Waals surface area (Å²) in [5.41, 5.74) is 1.97. The topological polar surface area (TPSA) is 56.7 Å². The third-order valence-corrected chi connectivity index (χ3v) is 4.14. The molecule has 0 spiro atoms. The summed E-state index contributed by atoms with van der Waals surface area (Å²) in [4.78, 5) is 19.9. The molecule has 0 radical (unpaired) electrons. The number of amides is 1. The van der Waals surface area contributed by atoms with E-state index in [1.807, 2.05) is 35.7 Å². The Labute approximate surface area is 134 Å². The number of rotatable bonds is 7. The van der Waals surface area contributed by atoms with E-state index in [1.54, 1.807) is 19.0 Å². The van der Waals surface area contributed by atoms with E-state index in [1.165, 1.54) is 11.3 Å². The minimum absolute atomic E-state index is 0.0520. The lowest BCUT2D eigenvalue weighted by Gasteiger charge is -2.22. The summed E-state index contributed by atoms with van der Waals surface area (Å²) in [5.74, 6) is 0.0520. The van der Waals surface area contributed by atoms with Gasteiger partial charge in [0.1, 0.15) is 5.01 Å². The number of aliphatic hydroxyl groups is 1. The van der Waals surface area contributed by atoms with E-state index in [9.17, 15) is 9.90 Å². The largest absolute Gasteiger partial charge is 0.395 e. The van der Waals surface area contributed by atoms with E-state index in [0.29, 0.717) is 19.5 Å². The Kier molecular flexibility index (Phi) is 5.91. The van der Waals surface area contributed by atoms with E-state index in [4.69, 9.17) is 0 Å². The van der Waals surface area contributed by atoms with Gasteiger partial charge >= 0.3 is 0 Å². The van der Waals surface area contributed by atoms with Crippen molar-refractivity contribution < 1.29 is 9.90 Å².